The van der Waals surface area contributed by atoms with Crippen LogP contribution in [0.4, 0.5) is 18.9 Å². The Hall–Kier alpha value is -2.63. The number of hydrogen-bond donors (Lipinski definition) is 1. The summed E-state index contributed by atoms with van der Waals surface area (Å²) in [6.07, 6.45) is -4.20. The molecule has 126 valence electrons. The van der Waals surface area contributed by atoms with Crippen LogP contribution in [0.5, 0.6) is 0 Å². The van der Waals surface area contributed by atoms with Crippen LogP contribution in [0, 0.1) is 6.92 Å². The SMILES string of the molecule is CC(=O)Cc1ccc(C(=O)Nc2ccc(C)c(C(F)(F)F)c2)cc1. The maximum Gasteiger partial charge on any atom is 0.416 e. The maximum atomic E-state index is 12.9. The molecule has 1 N–H and O–H groups in total. The molecular formula is C18H16F3NO2. The van der Waals surface area contributed by atoms with E-state index in [9.17, 15) is 22.8 Å². The molecule has 0 aliphatic heterocycles. The number of ketones is 1. The summed E-state index contributed by atoms with van der Waals surface area (Å²) in [6.45, 7) is 2.83. The topological polar surface area (TPSA) is 46.2 Å². The van der Waals surface area contributed by atoms with Gasteiger partial charge < -0.3 is 5.32 Å². The quantitative estimate of drug-likeness (QED) is 0.900. The highest BCUT2D eigenvalue weighted by atomic mass is 19.4. The van der Waals surface area contributed by atoms with Crippen molar-refractivity contribution in [1.82, 2.24) is 0 Å². The van der Waals surface area contributed by atoms with Gasteiger partial charge in [-0.05, 0) is 49.2 Å². The maximum absolute atomic E-state index is 12.9. The molecule has 0 atom stereocenters. The molecule has 0 heterocycles. The zero-order chi connectivity index (χ0) is 17.9. The molecule has 6 heteroatoms. The Morgan fingerprint density at radius 3 is 2.21 bits per heavy atom. The number of hydrogen-bond acceptors (Lipinski definition) is 2. The Labute approximate surface area is 137 Å². The number of aryl methyl sites for hydroxylation is 1. The molecule has 0 spiro atoms. The minimum Gasteiger partial charge on any atom is -0.322 e. The van der Waals surface area contributed by atoms with Crippen LogP contribution in [-0.2, 0) is 17.4 Å². The predicted octanol–water partition coefficient (Wildman–Crippen LogP) is 4.40. The van der Waals surface area contributed by atoms with Crippen molar-refractivity contribution in [1.29, 1.82) is 0 Å². The highest BCUT2D eigenvalue weighted by Crippen LogP contribution is 2.33. The largest absolute Gasteiger partial charge is 0.416 e. The average Bonchev–Trinajstić information content (AvgIpc) is 2.48. The first-order valence-electron chi connectivity index (χ1n) is 7.24. The molecule has 1 amide bonds. The van der Waals surface area contributed by atoms with E-state index in [0.717, 1.165) is 11.6 Å². The number of benzene rings is 2. The molecule has 0 fully saturated rings. The molecule has 0 aliphatic rings. The zero-order valence-electron chi connectivity index (χ0n) is 13.2. The lowest BCUT2D eigenvalue weighted by molar-refractivity contribution is -0.138. The normalized spacial score (nSPS) is 11.2. The number of amides is 1. The summed E-state index contributed by atoms with van der Waals surface area (Å²) >= 11 is 0. The summed E-state index contributed by atoms with van der Waals surface area (Å²) in [5.74, 6) is -0.507. The minimum absolute atomic E-state index is 0.00605. The molecule has 0 saturated carbocycles. The Morgan fingerprint density at radius 2 is 1.67 bits per heavy atom. The van der Waals surface area contributed by atoms with Gasteiger partial charge in [-0.3, -0.25) is 9.59 Å². The van der Waals surface area contributed by atoms with Crippen LogP contribution >= 0.6 is 0 Å². The molecule has 0 aromatic heterocycles. The van der Waals surface area contributed by atoms with Gasteiger partial charge in [0.15, 0.2) is 0 Å². The van der Waals surface area contributed by atoms with Crippen molar-refractivity contribution in [2.75, 3.05) is 5.32 Å². The van der Waals surface area contributed by atoms with Crippen LogP contribution in [0.2, 0.25) is 0 Å². The van der Waals surface area contributed by atoms with Gasteiger partial charge in [-0.1, -0.05) is 18.2 Å². The Morgan fingerprint density at radius 1 is 1.04 bits per heavy atom. The van der Waals surface area contributed by atoms with Crippen molar-refractivity contribution >= 4 is 17.4 Å². The van der Waals surface area contributed by atoms with Crippen molar-refractivity contribution in [2.24, 2.45) is 0 Å². The molecule has 0 radical (unpaired) electrons. The lowest BCUT2D eigenvalue weighted by atomic mass is 10.1. The standard InChI is InChI=1S/C18H16F3NO2/c1-11-3-8-15(10-16(11)18(19,20)21)22-17(24)14-6-4-13(5-7-14)9-12(2)23/h3-8,10H,9H2,1-2H3,(H,22,24). The first-order chi connectivity index (χ1) is 11.2. The molecule has 0 aliphatic carbocycles. The number of nitrogens with one attached hydrogen (secondary N) is 1. The van der Waals surface area contributed by atoms with Gasteiger partial charge in [0.2, 0.25) is 0 Å². The van der Waals surface area contributed by atoms with Crippen LogP contribution in [0.25, 0.3) is 0 Å². The van der Waals surface area contributed by atoms with E-state index in [1.165, 1.54) is 38.1 Å². The fraction of sp³-hybridized carbons (Fsp3) is 0.222. The highest BCUT2D eigenvalue weighted by molar-refractivity contribution is 6.04. The van der Waals surface area contributed by atoms with Crippen LogP contribution in [0.1, 0.15) is 34.0 Å². The van der Waals surface area contributed by atoms with Crippen molar-refractivity contribution in [3.05, 3.63) is 64.7 Å². The van der Waals surface area contributed by atoms with Gasteiger partial charge >= 0.3 is 6.18 Å². The van der Waals surface area contributed by atoms with Gasteiger partial charge in [0, 0.05) is 17.7 Å². The number of carbonyl (C=O) groups is 2. The predicted molar refractivity (Wildman–Crippen MR) is 85.0 cm³/mol. The van der Waals surface area contributed by atoms with E-state index in [1.54, 1.807) is 12.1 Å². The van der Waals surface area contributed by atoms with Gasteiger partial charge in [0.05, 0.1) is 5.56 Å². The summed E-state index contributed by atoms with van der Waals surface area (Å²) in [7, 11) is 0. The van der Waals surface area contributed by atoms with E-state index < -0.39 is 17.6 Å². The summed E-state index contributed by atoms with van der Waals surface area (Å²) < 4.78 is 38.7. The van der Waals surface area contributed by atoms with Crippen LogP contribution in [0.3, 0.4) is 0 Å². The molecule has 0 bridgehead atoms. The second kappa shape index (κ2) is 6.86. The Kier molecular flexibility index (Phi) is 5.07. The van der Waals surface area contributed by atoms with Gasteiger partial charge in [-0.15, -0.1) is 0 Å². The molecule has 24 heavy (non-hydrogen) atoms. The summed E-state index contributed by atoms with van der Waals surface area (Å²) in [4.78, 5) is 23.2. The summed E-state index contributed by atoms with van der Waals surface area (Å²) in [5, 5.41) is 2.45. The van der Waals surface area contributed by atoms with Crippen LogP contribution in [-0.4, -0.2) is 11.7 Å². The first-order valence-corrected chi connectivity index (χ1v) is 7.24. The monoisotopic (exact) mass is 335 g/mol. The number of alkyl halides is 3. The number of anilines is 1. The van der Waals surface area contributed by atoms with Crippen molar-refractivity contribution in [2.45, 2.75) is 26.4 Å². The van der Waals surface area contributed by atoms with Gasteiger partial charge in [0.1, 0.15) is 5.78 Å². The fourth-order valence-corrected chi connectivity index (χ4v) is 2.27. The third-order valence-corrected chi connectivity index (χ3v) is 3.47. The minimum atomic E-state index is -4.47. The first kappa shape index (κ1) is 17.7. The van der Waals surface area contributed by atoms with E-state index in [4.69, 9.17) is 0 Å². The van der Waals surface area contributed by atoms with E-state index >= 15 is 0 Å². The van der Waals surface area contributed by atoms with E-state index in [2.05, 4.69) is 5.32 Å². The number of Topliss-reactive ketones (excluding diaryl/α,β-unsaturated/α-hetero) is 1. The van der Waals surface area contributed by atoms with Crippen LogP contribution in [0.15, 0.2) is 42.5 Å². The smallest absolute Gasteiger partial charge is 0.322 e. The highest BCUT2D eigenvalue weighted by Gasteiger charge is 2.32. The number of rotatable bonds is 4. The molecule has 2 rings (SSSR count). The van der Waals surface area contributed by atoms with Crippen molar-refractivity contribution in [3.63, 3.8) is 0 Å². The molecule has 0 unspecified atom stereocenters. The number of carbonyl (C=O) groups excluding carboxylic acids is 2. The lowest BCUT2D eigenvalue weighted by Gasteiger charge is -2.13. The van der Waals surface area contributed by atoms with E-state index in [1.807, 2.05) is 0 Å². The summed E-state index contributed by atoms with van der Waals surface area (Å²) in [6, 6.07) is 10.0. The summed E-state index contributed by atoms with van der Waals surface area (Å²) in [5.41, 5.74) is 0.460. The molecule has 0 saturated heterocycles. The zero-order valence-corrected chi connectivity index (χ0v) is 13.2. The van der Waals surface area contributed by atoms with Gasteiger partial charge in [-0.25, -0.2) is 0 Å². The number of halogens is 3. The van der Waals surface area contributed by atoms with Crippen LogP contribution < -0.4 is 5.32 Å². The van der Waals surface area contributed by atoms with Gasteiger partial charge in [-0.2, -0.15) is 13.2 Å². The Balaban J connectivity index is 2.16. The van der Waals surface area contributed by atoms with E-state index in [-0.39, 0.29) is 23.5 Å². The Bertz CT molecular complexity index is 765. The lowest BCUT2D eigenvalue weighted by Crippen LogP contribution is -2.14. The second-order valence-corrected chi connectivity index (χ2v) is 5.56. The van der Waals surface area contributed by atoms with E-state index in [0.29, 0.717) is 5.56 Å². The van der Waals surface area contributed by atoms with Crippen molar-refractivity contribution in [3.8, 4) is 0 Å². The molecular weight excluding hydrogens is 319 g/mol. The molecule has 3 nitrogen and oxygen atoms in total. The fourth-order valence-electron chi connectivity index (χ4n) is 2.27. The molecule has 2 aromatic carbocycles. The van der Waals surface area contributed by atoms with Crippen molar-refractivity contribution < 1.29 is 22.8 Å². The van der Waals surface area contributed by atoms with Gasteiger partial charge in [0.25, 0.3) is 5.91 Å². The second-order valence-electron chi connectivity index (χ2n) is 5.56. The third-order valence-electron chi connectivity index (χ3n) is 3.47. The average molecular weight is 335 g/mol. The molecule has 2 aromatic rings. The third kappa shape index (κ3) is 4.44.